The number of hydrogen-bond acceptors (Lipinski definition) is 4. The maximum atomic E-state index is 12.7. The van der Waals surface area contributed by atoms with Crippen LogP contribution >= 0.6 is 0 Å². The molecule has 2 saturated heterocycles. The highest BCUT2D eigenvalue weighted by molar-refractivity contribution is 5.78. The maximum Gasteiger partial charge on any atom is 0.227 e. The molecule has 0 radical (unpaired) electrons. The van der Waals surface area contributed by atoms with Gasteiger partial charge in [0.05, 0.1) is 12.5 Å². The summed E-state index contributed by atoms with van der Waals surface area (Å²) >= 11 is 0. The van der Waals surface area contributed by atoms with Crippen molar-refractivity contribution < 1.29 is 9.59 Å². The maximum absolute atomic E-state index is 12.7. The average Bonchev–Trinajstić information content (AvgIpc) is 3.17. The Bertz CT molecular complexity index is 648. The third kappa shape index (κ3) is 4.43. The van der Waals surface area contributed by atoms with E-state index in [2.05, 4.69) is 10.1 Å². The Morgan fingerprint density at radius 3 is 2.54 bits per heavy atom. The van der Waals surface area contributed by atoms with Gasteiger partial charge in [0.25, 0.3) is 0 Å². The lowest BCUT2D eigenvalue weighted by Crippen LogP contribution is -2.42. The molecule has 0 aromatic carbocycles. The van der Waals surface area contributed by atoms with Crippen LogP contribution < -0.4 is 0 Å². The molecule has 0 unspecified atom stereocenters. The number of rotatable bonds is 6. The van der Waals surface area contributed by atoms with Gasteiger partial charge in [-0.1, -0.05) is 6.92 Å². The molecule has 2 amide bonds. The van der Waals surface area contributed by atoms with Gasteiger partial charge >= 0.3 is 0 Å². The Labute approximate surface area is 155 Å². The molecule has 144 valence electrons. The van der Waals surface area contributed by atoms with Crippen molar-refractivity contribution in [1.29, 1.82) is 0 Å². The highest BCUT2D eigenvalue weighted by atomic mass is 16.2. The van der Waals surface area contributed by atoms with E-state index in [1.54, 1.807) is 0 Å². The van der Waals surface area contributed by atoms with E-state index < -0.39 is 0 Å². The summed E-state index contributed by atoms with van der Waals surface area (Å²) < 4.78 is 1.83. The molecule has 26 heavy (non-hydrogen) atoms. The summed E-state index contributed by atoms with van der Waals surface area (Å²) in [6, 6.07) is 0. The Balaban J connectivity index is 1.42. The number of piperidine rings is 1. The molecule has 0 saturated carbocycles. The van der Waals surface area contributed by atoms with Crippen LogP contribution in [0.15, 0.2) is 0 Å². The second-order valence-corrected chi connectivity index (χ2v) is 7.83. The number of likely N-dealkylation sites (tertiary alicyclic amines) is 2. The third-order valence-corrected chi connectivity index (χ3v) is 5.74. The van der Waals surface area contributed by atoms with Gasteiger partial charge in [0, 0.05) is 32.6 Å². The first-order valence-electron chi connectivity index (χ1n) is 9.88. The summed E-state index contributed by atoms with van der Waals surface area (Å²) in [5.74, 6) is 2.67. The summed E-state index contributed by atoms with van der Waals surface area (Å²) in [5.41, 5.74) is 0. The third-order valence-electron chi connectivity index (χ3n) is 5.74. The largest absolute Gasteiger partial charge is 0.343 e. The van der Waals surface area contributed by atoms with E-state index in [9.17, 15) is 9.59 Å². The van der Waals surface area contributed by atoms with Gasteiger partial charge in [-0.15, -0.1) is 0 Å². The van der Waals surface area contributed by atoms with Crippen molar-refractivity contribution in [1.82, 2.24) is 24.6 Å². The first-order valence-corrected chi connectivity index (χ1v) is 9.88. The molecule has 3 rings (SSSR count). The molecule has 2 aliphatic rings. The minimum absolute atomic E-state index is 0.0893. The van der Waals surface area contributed by atoms with Crippen molar-refractivity contribution in [2.45, 2.75) is 59.4 Å². The molecule has 0 spiro atoms. The van der Waals surface area contributed by atoms with Crippen molar-refractivity contribution in [2.24, 2.45) is 11.8 Å². The van der Waals surface area contributed by atoms with Crippen LogP contribution in [0.1, 0.15) is 50.7 Å². The second-order valence-electron chi connectivity index (χ2n) is 7.83. The van der Waals surface area contributed by atoms with Gasteiger partial charge in [0.1, 0.15) is 11.6 Å². The standard InChI is InChI=1S/C19H31N5O2/c1-14(13-24-16(3)20-15(2)21-24)19(26)23-11-7-17(8-12-23)6-10-22-9-4-5-18(22)25/h14,17H,4-13H2,1-3H3/t14-/m0/s1. The molecule has 2 aliphatic heterocycles. The first kappa shape index (κ1) is 18.9. The summed E-state index contributed by atoms with van der Waals surface area (Å²) in [6.45, 7) is 9.83. The summed E-state index contributed by atoms with van der Waals surface area (Å²) in [6.07, 6.45) is 4.88. The topological polar surface area (TPSA) is 71.3 Å². The molecular formula is C19H31N5O2. The molecule has 0 N–H and O–H groups in total. The van der Waals surface area contributed by atoms with Crippen LogP contribution in [0.3, 0.4) is 0 Å². The number of carbonyl (C=O) groups is 2. The summed E-state index contributed by atoms with van der Waals surface area (Å²) in [5, 5.41) is 4.36. The minimum Gasteiger partial charge on any atom is -0.343 e. The summed E-state index contributed by atoms with van der Waals surface area (Å²) in [4.78, 5) is 32.8. The Morgan fingerprint density at radius 2 is 1.96 bits per heavy atom. The molecule has 1 aromatic rings. The smallest absolute Gasteiger partial charge is 0.227 e. The fourth-order valence-corrected chi connectivity index (χ4v) is 4.10. The fraction of sp³-hybridized carbons (Fsp3) is 0.789. The number of aromatic nitrogens is 3. The Morgan fingerprint density at radius 1 is 1.23 bits per heavy atom. The van der Waals surface area contributed by atoms with E-state index in [0.717, 1.165) is 69.9 Å². The van der Waals surface area contributed by atoms with E-state index in [-0.39, 0.29) is 11.8 Å². The average molecular weight is 361 g/mol. The molecule has 0 bridgehead atoms. The molecule has 1 aromatic heterocycles. The fourth-order valence-electron chi connectivity index (χ4n) is 4.10. The minimum atomic E-state index is -0.0893. The molecule has 0 aliphatic carbocycles. The van der Waals surface area contributed by atoms with E-state index in [4.69, 9.17) is 0 Å². The van der Waals surface area contributed by atoms with Crippen molar-refractivity contribution in [2.75, 3.05) is 26.2 Å². The van der Waals surface area contributed by atoms with Crippen molar-refractivity contribution in [3.05, 3.63) is 11.6 Å². The predicted molar refractivity (Wildman–Crippen MR) is 98.4 cm³/mol. The van der Waals surface area contributed by atoms with Crippen molar-refractivity contribution >= 4 is 11.8 Å². The van der Waals surface area contributed by atoms with Crippen LogP contribution in [0.5, 0.6) is 0 Å². The van der Waals surface area contributed by atoms with Gasteiger partial charge in [0.2, 0.25) is 11.8 Å². The lowest BCUT2D eigenvalue weighted by molar-refractivity contribution is -0.137. The SMILES string of the molecule is Cc1nc(C)n(C[C@H](C)C(=O)N2CCC(CCN3CCCC3=O)CC2)n1. The Hall–Kier alpha value is -1.92. The number of hydrogen-bond donors (Lipinski definition) is 0. The molecule has 1 atom stereocenters. The second kappa shape index (κ2) is 8.18. The van der Waals surface area contributed by atoms with E-state index in [1.165, 1.54) is 0 Å². The number of aryl methyl sites for hydroxylation is 2. The molecule has 2 fully saturated rings. The van der Waals surface area contributed by atoms with Crippen LogP contribution in [0.2, 0.25) is 0 Å². The Kier molecular flexibility index (Phi) is 5.94. The van der Waals surface area contributed by atoms with Gasteiger partial charge < -0.3 is 9.80 Å². The van der Waals surface area contributed by atoms with Crippen LogP contribution in [-0.2, 0) is 16.1 Å². The quantitative estimate of drug-likeness (QED) is 0.774. The van der Waals surface area contributed by atoms with E-state index >= 15 is 0 Å². The van der Waals surface area contributed by atoms with Gasteiger partial charge in [-0.25, -0.2) is 9.67 Å². The van der Waals surface area contributed by atoms with Crippen LogP contribution in [0, 0.1) is 25.7 Å². The molecule has 7 nitrogen and oxygen atoms in total. The van der Waals surface area contributed by atoms with Crippen LogP contribution in [-0.4, -0.2) is 62.6 Å². The predicted octanol–water partition coefficient (Wildman–Crippen LogP) is 1.78. The molecule has 3 heterocycles. The monoisotopic (exact) mass is 361 g/mol. The zero-order valence-corrected chi connectivity index (χ0v) is 16.3. The highest BCUT2D eigenvalue weighted by Crippen LogP contribution is 2.23. The molecular weight excluding hydrogens is 330 g/mol. The van der Waals surface area contributed by atoms with E-state index in [1.807, 2.05) is 35.3 Å². The first-order chi connectivity index (χ1) is 12.4. The number of nitrogens with zero attached hydrogens (tertiary/aromatic N) is 5. The van der Waals surface area contributed by atoms with Crippen LogP contribution in [0.4, 0.5) is 0 Å². The van der Waals surface area contributed by atoms with Crippen LogP contribution in [0.25, 0.3) is 0 Å². The zero-order valence-electron chi connectivity index (χ0n) is 16.3. The van der Waals surface area contributed by atoms with Gasteiger partial charge in [-0.2, -0.15) is 5.10 Å². The van der Waals surface area contributed by atoms with Gasteiger partial charge in [0.15, 0.2) is 0 Å². The van der Waals surface area contributed by atoms with Gasteiger partial charge in [-0.05, 0) is 45.4 Å². The lowest BCUT2D eigenvalue weighted by atomic mass is 9.92. The normalized spacial score (nSPS) is 20.0. The summed E-state index contributed by atoms with van der Waals surface area (Å²) in [7, 11) is 0. The van der Waals surface area contributed by atoms with Crippen molar-refractivity contribution in [3.63, 3.8) is 0 Å². The molecule has 7 heteroatoms. The number of carbonyl (C=O) groups excluding carboxylic acids is 2. The van der Waals surface area contributed by atoms with Gasteiger partial charge in [-0.3, -0.25) is 9.59 Å². The highest BCUT2D eigenvalue weighted by Gasteiger charge is 2.28. The lowest BCUT2D eigenvalue weighted by Gasteiger charge is -2.34. The van der Waals surface area contributed by atoms with E-state index in [0.29, 0.717) is 18.4 Å². The number of amides is 2. The zero-order chi connectivity index (χ0) is 18.7. The van der Waals surface area contributed by atoms with Crippen molar-refractivity contribution in [3.8, 4) is 0 Å².